The summed E-state index contributed by atoms with van der Waals surface area (Å²) in [5, 5.41) is 6.67. The number of hydrogen-bond donors (Lipinski definition) is 4. The van der Waals surface area contributed by atoms with Crippen LogP contribution in [0, 0.1) is 5.41 Å². The maximum Gasteiger partial charge on any atom is 0.106 e. The highest BCUT2D eigenvalue weighted by atomic mass is 15.3. The summed E-state index contributed by atoms with van der Waals surface area (Å²) in [6.07, 6.45) is 0. The number of hydrazine groups is 1. The third kappa shape index (κ3) is 5.39. The van der Waals surface area contributed by atoms with Crippen LogP contribution < -0.4 is 16.6 Å². The third-order valence-electron chi connectivity index (χ3n) is 0.456. The van der Waals surface area contributed by atoms with Crippen LogP contribution in [0.2, 0.25) is 0 Å². The molecule has 0 saturated heterocycles. The van der Waals surface area contributed by atoms with E-state index in [4.69, 9.17) is 11.1 Å². The lowest BCUT2D eigenvalue weighted by Crippen LogP contribution is -2.35. The average molecular weight is 102 g/mol. The van der Waals surface area contributed by atoms with E-state index in [1.807, 2.05) is 0 Å². The van der Waals surface area contributed by atoms with Crippen molar-refractivity contribution in [2.24, 2.45) is 5.73 Å². The fraction of sp³-hybridized carbons (Fsp3) is 0.667. The van der Waals surface area contributed by atoms with Crippen molar-refractivity contribution in [1.82, 2.24) is 10.9 Å². The minimum atomic E-state index is 0.134. The molecule has 0 aliphatic rings. The van der Waals surface area contributed by atoms with Crippen molar-refractivity contribution >= 4 is 5.84 Å². The zero-order valence-electron chi connectivity index (χ0n) is 4.28. The van der Waals surface area contributed by atoms with Gasteiger partial charge in [0.1, 0.15) is 5.84 Å². The molecular weight excluding hydrogens is 92.1 g/mol. The zero-order valence-corrected chi connectivity index (χ0v) is 4.28. The van der Waals surface area contributed by atoms with Crippen LogP contribution in [0.1, 0.15) is 0 Å². The number of nitrogens with one attached hydrogen (secondary N) is 3. The Hall–Kier alpha value is -0.610. The predicted octanol–water partition coefficient (Wildman–Crippen LogP) is -1.35. The van der Waals surface area contributed by atoms with Crippen LogP contribution in [-0.4, -0.2) is 19.4 Å². The summed E-state index contributed by atoms with van der Waals surface area (Å²) < 4.78 is 0. The first-order valence-electron chi connectivity index (χ1n) is 2.00. The minimum Gasteiger partial charge on any atom is -0.387 e. The number of nitrogens with two attached hydrogens (primary N) is 1. The number of amidine groups is 1. The van der Waals surface area contributed by atoms with Gasteiger partial charge in [0.05, 0.1) is 6.54 Å². The summed E-state index contributed by atoms with van der Waals surface area (Å²) in [6, 6.07) is 0. The van der Waals surface area contributed by atoms with E-state index in [2.05, 4.69) is 10.9 Å². The van der Waals surface area contributed by atoms with Crippen molar-refractivity contribution in [3.05, 3.63) is 0 Å². The first-order chi connectivity index (χ1) is 3.27. The lowest BCUT2D eigenvalue weighted by Gasteiger charge is -1.96. The zero-order chi connectivity index (χ0) is 5.70. The van der Waals surface area contributed by atoms with Gasteiger partial charge in [0.15, 0.2) is 0 Å². The second-order valence-electron chi connectivity index (χ2n) is 1.13. The lowest BCUT2D eigenvalue weighted by molar-refractivity contribution is 0.656. The van der Waals surface area contributed by atoms with Gasteiger partial charge in [0.25, 0.3) is 0 Å². The van der Waals surface area contributed by atoms with Crippen LogP contribution in [-0.2, 0) is 0 Å². The van der Waals surface area contributed by atoms with Gasteiger partial charge < -0.3 is 5.73 Å². The Labute approximate surface area is 42.6 Å². The Balaban J connectivity index is 2.82. The highest BCUT2D eigenvalue weighted by Gasteiger charge is 1.80. The van der Waals surface area contributed by atoms with E-state index in [0.29, 0.717) is 6.54 Å². The third-order valence-corrected chi connectivity index (χ3v) is 0.456. The second-order valence-corrected chi connectivity index (χ2v) is 1.13. The van der Waals surface area contributed by atoms with Gasteiger partial charge in [-0.2, -0.15) is 0 Å². The van der Waals surface area contributed by atoms with Gasteiger partial charge in [-0.05, 0) is 7.05 Å². The molecule has 7 heavy (non-hydrogen) atoms. The molecule has 0 saturated carbocycles. The van der Waals surface area contributed by atoms with Crippen LogP contribution in [0.3, 0.4) is 0 Å². The fourth-order valence-corrected chi connectivity index (χ4v) is 0.184. The summed E-state index contributed by atoms with van der Waals surface area (Å²) in [6.45, 7) is 0.399. The highest BCUT2D eigenvalue weighted by molar-refractivity contribution is 5.78. The Morgan fingerprint density at radius 3 is 2.57 bits per heavy atom. The smallest absolute Gasteiger partial charge is 0.106 e. The molecule has 0 bridgehead atoms. The maximum absolute atomic E-state index is 6.67. The van der Waals surface area contributed by atoms with Crippen LogP contribution in [0.4, 0.5) is 0 Å². The summed E-state index contributed by atoms with van der Waals surface area (Å²) in [4.78, 5) is 0. The van der Waals surface area contributed by atoms with E-state index >= 15 is 0 Å². The van der Waals surface area contributed by atoms with Crippen molar-refractivity contribution in [3.63, 3.8) is 0 Å². The van der Waals surface area contributed by atoms with Crippen LogP contribution >= 0.6 is 0 Å². The van der Waals surface area contributed by atoms with Crippen molar-refractivity contribution in [2.45, 2.75) is 0 Å². The predicted molar refractivity (Wildman–Crippen MR) is 29.0 cm³/mol. The molecule has 0 rings (SSSR count). The van der Waals surface area contributed by atoms with Gasteiger partial charge in [-0.25, -0.2) is 0 Å². The monoisotopic (exact) mass is 102 g/mol. The maximum atomic E-state index is 6.67. The van der Waals surface area contributed by atoms with Crippen LogP contribution in [0.25, 0.3) is 0 Å². The molecule has 4 nitrogen and oxygen atoms in total. The Bertz CT molecular complexity index is 60.0. The molecule has 0 aliphatic heterocycles. The summed E-state index contributed by atoms with van der Waals surface area (Å²) in [5.74, 6) is 0.134. The highest BCUT2D eigenvalue weighted by Crippen LogP contribution is 1.47. The van der Waals surface area contributed by atoms with Gasteiger partial charge in [0, 0.05) is 0 Å². The standard InChI is InChI=1S/C3H10N4/c1-6-7-2-3(4)5/h6-7H,2H2,1H3,(H3,4,5). The second kappa shape index (κ2) is 3.58. The van der Waals surface area contributed by atoms with Crippen molar-refractivity contribution in [1.29, 1.82) is 5.41 Å². The average Bonchev–Trinajstić information content (AvgIpc) is 1.61. The fourth-order valence-electron chi connectivity index (χ4n) is 0.184. The molecule has 0 radical (unpaired) electrons. The Morgan fingerprint density at radius 1 is 1.86 bits per heavy atom. The van der Waals surface area contributed by atoms with Gasteiger partial charge in [-0.3, -0.25) is 16.3 Å². The van der Waals surface area contributed by atoms with Crippen molar-refractivity contribution in [3.8, 4) is 0 Å². The normalized spacial score (nSPS) is 8.71. The topological polar surface area (TPSA) is 73.9 Å². The van der Waals surface area contributed by atoms with Crippen molar-refractivity contribution in [2.75, 3.05) is 13.6 Å². The molecule has 0 aromatic rings. The van der Waals surface area contributed by atoms with Gasteiger partial charge in [-0.1, -0.05) is 0 Å². The lowest BCUT2D eigenvalue weighted by atomic mass is 10.6. The Kier molecular flexibility index (Phi) is 3.26. The van der Waals surface area contributed by atoms with E-state index in [1.54, 1.807) is 7.05 Å². The summed E-state index contributed by atoms with van der Waals surface area (Å²) >= 11 is 0. The minimum absolute atomic E-state index is 0.134. The molecule has 42 valence electrons. The van der Waals surface area contributed by atoms with Crippen LogP contribution in [0.5, 0.6) is 0 Å². The number of rotatable bonds is 3. The van der Waals surface area contributed by atoms with Gasteiger partial charge >= 0.3 is 0 Å². The summed E-state index contributed by atoms with van der Waals surface area (Å²) in [5.41, 5.74) is 10.2. The van der Waals surface area contributed by atoms with Gasteiger partial charge in [0.2, 0.25) is 0 Å². The molecule has 0 aliphatic carbocycles. The first kappa shape index (κ1) is 6.39. The molecule has 0 aromatic heterocycles. The first-order valence-corrected chi connectivity index (χ1v) is 2.00. The van der Waals surface area contributed by atoms with E-state index in [-0.39, 0.29) is 5.84 Å². The molecule has 0 fully saturated rings. The van der Waals surface area contributed by atoms with Crippen LogP contribution in [0.15, 0.2) is 0 Å². The largest absolute Gasteiger partial charge is 0.387 e. The molecule has 0 atom stereocenters. The molecule has 0 unspecified atom stereocenters. The summed E-state index contributed by atoms with van der Waals surface area (Å²) in [7, 11) is 1.73. The van der Waals surface area contributed by atoms with Crippen molar-refractivity contribution < 1.29 is 0 Å². The SMILES string of the molecule is CNNCC(=N)N. The molecule has 4 heteroatoms. The molecule has 0 heterocycles. The van der Waals surface area contributed by atoms with E-state index in [9.17, 15) is 0 Å². The van der Waals surface area contributed by atoms with Gasteiger partial charge in [-0.15, -0.1) is 0 Å². The Morgan fingerprint density at radius 2 is 2.43 bits per heavy atom. The quantitative estimate of drug-likeness (QED) is 0.202. The number of hydrogen-bond acceptors (Lipinski definition) is 3. The molecular formula is C3H10N4. The molecule has 0 amide bonds. The van der Waals surface area contributed by atoms with E-state index in [1.165, 1.54) is 0 Å². The molecule has 5 N–H and O–H groups in total. The van der Waals surface area contributed by atoms with E-state index < -0.39 is 0 Å². The molecule has 0 spiro atoms. The molecule has 0 aromatic carbocycles. The van der Waals surface area contributed by atoms with E-state index in [0.717, 1.165) is 0 Å².